The number of hydrogen-bond donors (Lipinski definition) is 2. The van der Waals surface area contributed by atoms with Gasteiger partial charge in [0, 0.05) is 34.3 Å². The highest BCUT2D eigenvalue weighted by Crippen LogP contribution is 2.31. The highest BCUT2D eigenvalue weighted by Gasteiger charge is 2.18. The summed E-state index contributed by atoms with van der Waals surface area (Å²) in [6, 6.07) is 20.4. The summed E-state index contributed by atoms with van der Waals surface area (Å²) in [6.07, 6.45) is 1.62. The molecule has 0 aliphatic heterocycles. The molecule has 0 aliphatic rings. The van der Waals surface area contributed by atoms with Gasteiger partial charge in [-0.3, -0.25) is 5.73 Å². The van der Waals surface area contributed by atoms with Gasteiger partial charge in [0.15, 0.2) is 0 Å². The van der Waals surface area contributed by atoms with Gasteiger partial charge in [-0.1, -0.05) is 36.4 Å². The van der Waals surface area contributed by atoms with Crippen LogP contribution in [0.4, 0.5) is 4.79 Å². The molecule has 174 valence electrons. The standard InChI is InChI=1S/C15H12N2O.C13H11NO3/c1-10-5-4-7-12-9-11-6-2-3-8-13(11)17(14(10)12)15(16)18;1-7-4-8-2-3-10(15)17-13(8)11-9(5-14)6-16-12(7)11/h2-9H,1H3,(H-,16,18);2-4,6H,5,14H2,1H3/p+1. The summed E-state index contributed by atoms with van der Waals surface area (Å²) >= 11 is 0. The van der Waals surface area contributed by atoms with Gasteiger partial charge in [0.2, 0.25) is 0 Å². The second-order valence-corrected chi connectivity index (χ2v) is 8.42. The fraction of sp³-hybridized carbons (Fsp3) is 0.107. The maximum absolute atomic E-state index is 11.8. The van der Waals surface area contributed by atoms with Crippen LogP contribution in [0.2, 0.25) is 0 Å². The average Bonchev–Trinajstić information content (AvgIpc) is 3.29. The number of furan rings is 1. The maximum atomic E-state index is 11.8. The largest absolute Gasteiger partial charge is 0.494 e. The van der Waals surface area contributed by atoms with Crippen molar-refractivity contribution in [2.45, 2.75) is 20.4 Å². The number of para-hydroxylation sites is 2. The van der Waals surface area contributed by atoms with Crippen LogP contribution < -0.4 is 21.7 Å². The third kappa shape index (κ3) is 3.82. The molecule has 0 spiro atoms. The van der Waals surface area contributed by atoms with Crippen molar-refractivity contribution in [1.29, 1.82) is 0 Å². The molecule has 3 heterocycles. The third-order valence-corrected chi connectivity index (χ3v) is 6.11. The minimum Gasteiger partial charge on any atom is -0.464 e. The summed E-state index contributed by atoms with van der Waals surface area (Å²) in [5.41, 5.74) is 16.7. The van der Waals surface area contributed by atoms with Gasteiger partial charge in [0.1, 0.15) is 22.2 Å². The van der Waals surface area contributed by atoms with Gasteiger partial charge in [0.05, 0.1) is 11.6 Å². The van der Waals surface area contributed by atoms with E-state index in [1.807, 2.05) is 62.4 Å². The van der Waals surface area contributed by atoms with E-state index in [2.05, 4.69) is 6.07 Å². The number of nitrogens with two attached hydrogens (primary N) is 2. The predicted molar refractivity (Wildman–Crippen MR) is 136 cm³/mol. The normalized spacial score (nSPS) is 11.2. The Morgan fingerprint density at radius 3 is 2.43 bits per heavy atom. The first-order valence-corrected chi connectivity index (χ1v) is 11.2. The summed E-state index contributed by atoms with van der Waals surface area (Å²) in [6.45, 7) is 4.29. The Labute approximate surface area is 200 Å². The zero-order valence-electron chi connectivity index (χ0n) is 19.4. The van der Waals surface area contributed by atoms with Crippen molar-refractivity contribution in [2.75, 3.05) is 0 Å². The molecule has 0 atom stereocenters. The van der Waals surface area contributed by atoms with Crippen LogP contribution in [0.25, 0.3) is 43.7 Å². The first-order chi connectivity index (χ1) is 16.9. The summed E-state index contributed by atoms with van der Waals surface area (Å²) in [5.74, 6) is 0. The summed E-state index contributed by atoms with van der Waals surface area (Å²) in [5, 5.41) is 3.72. The molecule has 0 saturated heterocycles. The quantitative estimate of drug-likeness (QED) is 0.205. The monoisotopic (exact) mass is 466 g/mol. The van der Waals surface area contributed by atoms with Crippen molar-refractivity contribution in [2.24, 2.45) is 11.5 Å². The fourth-order valence-electron chi connectivity index (χ4n) is 4.55. The molecule has 35 heavy (non-hydrogen) atoms. The minimum atomic E-state index is -0.453. The van der Waals surface area contributed by atoms with E-state index in [-0.39, 0.29) is 5.63 Å². The number of aryl methyl sites for hydroxylation is 2. The van der Waals surface area contributed by atoms with Crippen LogP contribution in [0.5, 0.6) is 0 Å². The van der Waals surface area contributed by atoms with Crippen LogP contribution in [-0.2, 0) is 6.54 Å². The Balaban J connectivity index is 0.000000145. The molecular weight excluding hydrogens is 442 g/mol. The SMILES string of the molecule is Cc1cc2ccc(=O)oc2c2c(CN)coc12.Cc1cccc2cc3ccccc3[n+](C(N)=O)c12. The lowest BCUT2D eigenvalue weighted by molar-refractivity contribution is -0.512. The van der Waals surface area contributed by atoms with E-state index in [0.717, 1.165) is 54.9 Å². The summed E-state index contributed by atoms with van der Waals surface area (Å²) in [7, 11) is 0. The predicted octanol–water partition coefficient (Wildman–Crippen LogP) is 4.82. The molecule has 0 radical (unpaired) electrons. The van der Waals surface area contributed by atoms with E-state index >= 15 is 0 Å². The molecule has 4 N–H and O–H groups in total. The number of fused-ring (bicyclic) bond motifs is 5. The molecule has 7 heteroatoms. The van der Waals surface area contributed by atoms with Gasteiger partial charge < -0.3 is 14.6 Å². The Hall–Kier alpha value is -4.49. The number of carbonyl (C=O) groups excluding carboxylic acids is 1. The highest BCUT2D eigenvalue weighted by molar-refractivity contribution is 6.05. The highest BCUT2D eigenvalue weighted by atomic mass is 16.4. The van der Waals surface area contributed by atoms with Gasteiger partial charge in [0.25, 0.3) is 0 Å². The van der Waals surface area contributed by atoms with Crippen LogP contribution in [0, 0.1) is 13.8 Å². The Morgan fingerprint density at radius 2 is 1.66 bits per heavy atom. The first-order valence-electron chi connectivity index (χ1n) is 11.2. The lowest BCUT2D eigenvalue weighted by atomic mass is 10.1. The Bertz CT molecular complexity index is 1810. The zero-order chi connectivity index (χ0) is 24.7. The van der Waals surface area contributed by atoms with Gasteiger partial charge in [-0.15, -0.1) is 0 Å². The fourth-order valence-corrected chi connectivity index (χ4v) is 4.55. The molecular formula is C28H24N3O4+. The third-order valence-electron chi connectivity index (χ3n) is 6.11. The van der Waals surface area contributed by atoms with Crippen molar-refractivity contribution in [3.8, 4) is 0 Å². The zero-order valence-corrected chi connectivity index (χ0v) is 19.4. The van der Waals surface area contributed by atoms with Crippen molar-refractivity contribution in [3.63, 3.8) is 0 Å². The van der Waals surface area contributed by atoms with Crippen LogP contribution in [-0.4, -0.2) is 6.03 Å². The molecule has 1 amide bonds. The lowest BCUT2D eigenvalue weighted by Crippen LogP contribution is -2.48. The van der Waals surface area contributed by atoms with Crippen LogP contribution in [0.15, 0.2) is 86.6 Å². The molecule has 6 rings (SSSR count). The number of carbonyl (C=O) groups is 1. The number of amides is 1. The van der Waals surface area contributed by atoms with Gasteiger partial charge in [-0.25, -0.2) is 4.79 Å². The van der Waals surface area contributed by atoms with E-state index < -0.39 is 6.03 Å². The van der Waals surface area contributed by atoms with E-state index in [9.17, 15) is 9.59 Å². The number of primary amides is 1. The smallest absolute Gasteiger partial charge is 0.464 e. The van der Waals surface area contributed by atoms with Gasteiger partial charge in [-0.05, 0) is 49.2 Å². The number of nitrogens with zero attached hydrogens (tertiary/aromatic N) is 1. The molecule has 3 aromatic carbocycles. The van der Waals surface area contributed by atoms with Crippen LogP contribution >= 0.6 is 0 Å². The lowest BCUT2D eigenvalue weighted by Gasteiger charge is -2.07. The number of rotatable bonds is 1. The van der Waals surface area contributed by atoms with Crippen LogP contribution in [0.1, 0.15) is 16.7 Å². The second-order valence-electron chi connectivity index (χ2n) is 8.42. The number of aromatic nitrogens is 1. The van der Waals surface area contributed by atoms with E-state index in [0.29, 0.717) is 12.1 Å². The Kier molecular flexibility index (Phi) is 5.55. The maximum Gasteiger partial charge on any atom is 0.494 e. The van der Waals surface area contributed by atoms with Gasteiger partial charge >= 0.3 is 11.7 Å². The van der Waals surface area contributed by atoms with Gasteiger partial charge in [-0.2, -0.15) is 9.36 Å². The molecule has 7 nitrogen and oxygen atoms in total. The van der Waals surface area contributed by atoms with E-state index in [1.165, 1.54) is 6.07 Å². The van der Waals surface area contributed by atoms with E-state index in [1.54, 1.807) is 16.9 Å². The minimum absolute atomic E-state index is 0.351. The summed E-state index contributed by atoms with van der Waals surface area (Å²) in [4.78, 5) is 23.1. The van der Waals surface area contributed by atoms with Crippen LogP contribution in [0.3, 0.4) is 0 Å². The van der Waals surface area contributed by atoms with E-state index in [4.69, 9.17) is 20.3 Å². The topological polar surface area (TPSA) is 116 Å². The summed E-state index contributed by atoms with van der Waals surface area (Å²) < 4.78 is 12.3. The van der Waals surface area contributed by atoms with Crippen molar-refractivity contribution >= 4 is 49.8 Å². The van der Waals surface area contributed by atoms with Crippen molar-refractivity contribution in [1.82, 2.24) is 0 Å². The molecule has 0 unspecified atom stereocenters. The number of benzene rings is 3. The molecule has 0 fully saturated rings. The van der Waals surface area contributed by atoms with Crippen molar-refractivity contribution in [3.05, 3.63) is 100 Å². The molecule has 0 aliphatic carbocycles. The first kappa shape index (κ1) is 22.3. The number of hydrogen-bond acceptors (Lipinski definition) is 5. The number of pyridine rings is 1. The molecule has 0 saturated carbocycles. The molecule has 3 aromatic heterocycles. The molecule has 0 bridgehead atoms. The average molecular weight is 467 g/mol. The second kappa shape index (κ2) is 8.70. The Morgan fingerprint density at radius 1 is 0.886 bits per heavy atom. The van der Waals surface area contributed by atoms with Crippen molar-refractivity contribution < 1.29 is 18.2 Å². The molecule has 6 aromatic rings.